The maximum atomic E-state index is 11.7. The molecule has 0 bridgehead atoms. The highest BCUT2D eigenvalue weighted by Crippen LogP contribution is 2.18. The van der Waals surface area contributed by atoms with Crippen LogP contribution < -0.4 is 0 Å². The Labute approximate surface area is 89.6 Å². The first-order valence-electron chi connectivity index (χ1n) is 4.39. The maximum Gasteiger partial charge on any atom is 0.289 e. The molecule has 1 amide bonds. The molecule has 1 atom stereocenters. The van der Waals surface area contributed by atoms with Crippen molar-refractivity contribution in [3.63, 3.8) is 0 Å². The Kier molecular flexibility index (Phi) is 2.60. The third-order valence-corrected chi connectivity index (χ3v) is 2.66. The molecule has 0 aliphatic carbocycles. The second-order valence-corrected chi connectivity index (χ2v) is 4.08. The number of aliphatic hydroxyl groups is 1. The van der Waals surface area contributed by atoms with Crippen molar-refractivity contribution < 1.29 is 14.3 Å². The van der Waals surface area contributed by atoms with Gasteiger partial charge >= 0.3 is 0 Å². The summed E-state index contributed by atoms with van der Waals surface area (Å²) in [5, 5.41) is 9.27. The first-order valence-corrected chi connectivity index (χ1v) is 5.19. The number of furan rings is 1. The summed E-state index contributed by atoms with van der Waals surface area (Å²) >= 11 is 3.13. The fourth-order valence-electron chi connectivity index (χ4n) is 1.51. The van der Waals surface area contributed by atoms with E-state index < -0.39 is 6.10 Å². The highest BCUT2D eigenvalue weighted by molar-refractivity contribution is 9.10. The molecule has 4 nitrogen and oxygen atoms in total. The van der Waals surface area contributed by atoms with Crippen molar-refractivity contribution >= 4 is 21.8 Å². The minimum Gasteiger partial charge on any atom is -0.444 e. The number of halogens is 1. The van der Waals surface area contributed by atoms with Crippen LogP contribution in [0.15, 0.2) is 21.2 Å². The molecule has 1 aromatic rings. The van der Waals surface area contributed by atoms with Crippen LogP contribution in [-0.4, -0.2) is 35.1 Å². The number of amides is 1. The lowest BCUT2D eigenvalue weighted by molar-refractivity contribution is 0.0732. The van der Waals surface area contributed by atoms with Crippen LogP contribution >= 0.6 is 15.9 Å². The normalized spacial score (nSPS) is 21.6. The van der Waals surface area contributed by atoms with Crippen LogP contribution in [0.5, 0.6) is 0 Å². The zero-order valence-corrected chi connectivity index (χ0v) is 9.03. The van der Waals surface area contributed by atoms with Gasteiger partial charge in [0.15, 0.2) is 10.4 Å². The summed E-state index contributed by atoms with van der Waals surface area (Å²) in [5.41, 5.74) is 0. The summed E-state index contributed by atoms with van der Waals surface area (Å²) in [6.07, 6.45) is 0.255. The predicted octanol–water partition coefficient (Wildman–Crippen LogP) is 1.25. The second-order valence-electron chi connectivity index (χ2n) is 3.30. The van der Waals surface area contributed by atoms with Crippen molar-refractivity contribution in [2.24, 2.45) is 0 Å². The molecular formula is C9H10BrNO3. The van der Waals surface area contributed by atoms with Crippen LogP contribution in [0, 0.1) is 0 Å². The van der Waals surface area contributed by atoms with E-state index in [1.54, 1.807) is 17.0 Å². The topological polar surface area (TPSA) is 53.7 Å². The van der Waals surface area contributed by atoms with Crippen molar-refractivity contribution in [3.05, 3.63) is 22.6 Å². The molecule has 1 aliphatic rings. The number of β-amino-alcohol motifs (C(OH)–C–C–N with tert-alkyl or cyclic N) is 1. The monoisotopic (exact) mass is 259 g/mol. The van der Waals surface area contributed by atoms with E-state index in [0.717, 1.165) is 0 Å². The van der Waals surface area contributed by atoms with Crippen LogP contribution in [0.2, 0.25) is 0 Å². The van der Waals surface area contributed by atoms with Crippen LogP contribution in [0.25, 0.3) is 0 Å². The summed E-state index contributed by atoms with van der Waals surface area (Å²) < 4.78 is 5.68. The lowest BCUT2D eigenvalue weighted by Crippen LogP contribution is -2.29. The van der Waals surface area contributed by atoms with Gasteiger partial charge in [-0.15, -0.1) is 0 Å². The van der Waals surface area contributed by atoms with Crippen molar-refractivity contribution in [2.75, 3.05) is 13.1 Å². The number of carbonyl (C=O) groups is 1. The molecule has 2 heterocycles. The number of carbonyl (C=O) groups excluding carboxylic acids is 1. The summed E-state index contributed by atoms with van der Waals surface area (Å²) in [7, 11) is 0. The summed E-state index contributed by atoms with van der Waals surface area (Å²) in [5.74, 6) is 0.151. The average molecular weight is 260 g/mol. The number of hydrogen-bond acceptors (Lipinski definition) is 3. The smallest absolute Gasteiger partial charge is 0.289 e. The Bertz CT molecular complexity index is 350. The zero-order chi connectivity index (χ0) is 10.1. The van der Waals surface area contributed by atoms with E-state index in [1.165, 1.54) is 0 Å². The maximum absolute atomic E-state index is 11.7. The van der Waals surface area contributed by atoms with Gasteiger partial charge in [0.05, 0.1) is 6.10 Å². The minimum absolute atomic E-state index is 0.160. The van der Waals surface area contributed by atoms with E-state index >= 15 is 0 Å². The molecule has 1 aromatic heterocycles. The molecule has 0 aromatic carbocycles. The van der Waals surface area contributed by atoms with Crippen molar-refractivity contribution in [3.8, 4) is 0 Å². The highest BCUT2D eigenvalue weighted by Gasteiger charge is 2.26. The van der Waals surface area contributed by atoms with Crippen molar-refractivity contribution in [1.82, 2.24) is 4.90 Å². The van der Waals surface area contributed by atoms with E-state index in [9.17, 15) is 9.90 Å². The fourth-order valence-corrected chi connectivity index (χ4v) is 1.82. The number of aliphatic hydroxyl groups excluding tert-OH is 1. The van der Waals surface area contributed by atoms with E-state index in [0.29, 0.717) is 29.9 Å². The van der Waals surface area contributed by atoms with Gasteiger partial charge in [-0.3, -0.25) is 4.79 Å². The van der Waals surface area contributed by atoms with Crippen LogP contribution in [0.1, 0.15) is 17.0 Å². The van der Waals surface area contributed by atoms with E-state index in [4.69, 9.17) is 4.42 Å². The summed E-state index contributed by atoms with van der Waals surface area (Å²) in [6.45, 7) is 0.996. The van der Waals surface area contributed by atoms with Gasteiger partial charge in [-0.25, -0.2) is 0 Å². The highest BCUT2D eigenvalue weighted by atomic mass is 79.9. The molecule has 0 saturated carbocycles. The third-order valence-electron chi connectivity index (χ3n) is 2.23. The van der Waals surface area contributed by atoms with Gasteiger partial charge in [0.1, 0.15) is 0 Å². The van der Waals surface area contributed by atoms with E-state index in [2.05, 4.69) is 15.9 Å². The minimum atomic E-state index is -0.391. The van der Waals surface area contributed by atoms with E-state index in [1.807, 2.05) is 0 Å². The Balaban J connectivity index is 2.09. The molecule has 1 N–H and O–H groups in total. The second kappa shape index (κ2) is 3.74. The number of rotatable bonds is 1. The summed E-state index contributed by atoms with van der Waals surface area (Å²) in [4.78, 5) is 13.3. The van der Waals surface area contributed by atoms with Crippen LogP contribution in [0.4, 0.5) is 0 Å². The molecule has 1 saturated heterocycles. The predicted molar refractivity (Wildman–Crippen MR) is 52.9 cm³/mol. The number of hydrogen-bond donors (Lipinski definition) is 1. The molecule has 5 heteroatoms. The molecule has 76 valence electrons. The molecule has 2 rings (SSSR count). The molecule has 14 heavy (non-hydrogen) atoms. The Morgan fingerprint density at radius 1 is 1.64 bits per heavy atom. The third kappa shape index (κ3) is 1.83. The molecule has 0 spiro atoms. The molecule has 1 unspecified atom stereocenters. The van der Waals surface area contributed by atoms with Gasteiger partial charge in [-0.05, 0) is 34.5 Å². The Hall–Kier alpha value is -0.810. The molecule has 1 aliphatic heterocycles. The quantitative estimate of drug-likeness (QED) is 0.826. The SMILES string of the molecule is O=C(c1ccc(Br)o1)N1CCC(O)C1. The van der Waals surface area contributed by atoms with Gasteiger partial charge in [0.25, 0.3) is 5.91 Å². The molecular weight excluding hydrogens is 250 g/mol. The first kappa shape index (κ1) is 9.73. The van der Waals surface area contributed by atoms with Gasteiger partial charge in [0.2, 0.25) is 0 Å². The van der Waals surface area contributed by atoms with Crippen LogP contribution in [0.3, 0.4) is 0 Å². The van der Waals surface area contributed by atoms with E-state index in [-0.39, 0.29) is 5.91 Å². The van der Waals surface area contributed by atoms with Crippen LogP contribution in [-0.2, 0) is 0 Å². The lowest BCUT2D eigenvalue weighted by Gasteiger charge is -2.12. The largest absolute Gasteiger partial charge is 0.444 e. The Morgan fingerprint density at radius 2 is 2.43 bits per heavy atom. The summed E-state index contributed by atoms with van der Waals surface area (Å²) in [6, 6.07) is 3.30. The lowest BCUT2D eigenvalue weighted by atomic mass is 10.3. The standard InChI is InChI=1S/C9H10BrNO3/c10-8-2-1-7(14-8)9(13)11-4-3-6(12)5-11/h1-2,6,12H,3-5H2. The first-order chi connectivity index (χ1) is 6.66. The average Bonchev–Trinajstić information content (AvgIpc) is 2.73. The molecule has 0 radical (unpaired) electrons. The van der Waals surface area contributed by atoms with Crippen molar-refractivity contribution in [2.45, 2.75) is 12.5 Å². The fraction of sp³-hybridized carbons (Fsp3) is 0.444. The van der Waals surface area contributed by atoms with Crippen molar-refractivity contribution in [1.29, 1.82) is 0 Å². The van der Waals surface area contributed by atoms with Gasteiger partial charge in [0, 0.05) is 13.1 Å². The van der Waals surface area contributed by atoms with Gasteiger partial charge in [-0.1, -0.05) is 0 Å². The van der Waals surface area contributed by atoms with Gasteiger partial charge in [-0.2, -0.15) is 0 Å². The Morgan fingerprint density at radius 3 is 2.93 bits per heavy atom. The number of nitrogens with zero attached hydrogens (tertiary/aromatic N) is 1. The van der Waals surface area contributed by atoms with Gasteiger partial charge < -0.3 is 14.4 Å². The zero-order valence-electron chi connectivity index (χ0n) is 7.44. The molecule has 1 fully saturated rings. The number of likely N-dealkylation sites (tertiary alicyclic amines) is 1.